The third-order valence-electron chi connectivity index (χ3n) is 2.84. The number of hydrogen-bond donors (Lipinski definition) is 1. The summed E-state index contributed by atoms with van der Waals surface area (Å²) in [5.74, 6) is 2.11. The van der Waals surface area contributed by atoms with E-state index in [0.29, 0.717) is 5.75 Å². The average molecular weight is 223 g/mol. The van der Waals surface area contributed by atoms with Gasteiger partial charge in [0.1, 0.15) is 0 Å². The van der Waals surface area contributed by atoms with Crippen molar-refractivity contribution >= 4 is 5.69 Å². The van der Waals surface area contributed by atoms with Crippen molar-refractivity contribution < 1.29 is 14.2 Å². The number of benzene rings is 1. The van der Waals surface area contributed by atoms with Crippen molar-refractivity contribution in [3.63, 3.8) is 0 Å². The van der Waals surface area contributed by atoms with Crippen LogP contribution in [0, 0.1) is 0 Å². The molecule has 1 aromatic rings. The van der Waals surface area contributed by atoms with Crippen LogP contribution in [-0.4, -0.2) is 27.9 Å². The molecule has 0 bridgehead atoms. The molecule has 0 amide bonds. The van der Waals surface area contributed by atoms with E-state index in [4.69, 9.17) is 14.2 Å². The first kappa shape index (κ1) is 10.9. The van der Waals surface area contributed by atoms with Crippen molar-refractivity contribution in [1.29, 1.82) is 0 Å². The third kappa shape index (κ3) is 1.64. The molecular formula is C12H17NO3. The van der Waals surface area contributed by atoms with Gasteiger partial charge in [0, 0.05) is 6.54 Å². The Morgan fingerprint density at radius 2 is 1.81 bits per heavy atom. The quantitative estimate of drug-likeness (QED) is 0.851. The molecule has 2 rings (SSSR count). The van der Waals surface area contributed by atoms with E-state index in [1.807, 2.05) is 6.07 Å². The predicted octanol–water partition coefficient (Wildman–Crippen LogP) is 2.07. The van der Waals surface area contributed by atoms with Gasteiger partial charge >= 0.3 is 0 Å². The van der Waals surface area contributed by atoms with Crippen molar-refractivity contribution in [3.05, 3.63) is 11.6 Å². The molecule has 0 radical (unpaired) electrons. The van der Waals surface area contributed by atoms with Gasteiger partial charge in [-0.05, 0) is 24.5 Å². The zero-order valence-electron chi connectivity index (χ0n) is 9.92. The number of rotatable bonds is 3. The van der Waals surface area contributed by atoms with Gasteiger partial charge in [-0.25, -0.2) is 0 Å². The number of methoxy groups -OCH3 is 3. The van der Waals surface area contributed by atoms with E-state index in [9.17, 15) is 0 Å². The zero-order chi connectivity index (χ0) is 11.5. The number of ether oxygens (including phenoxy) is 3. The van der Waals surface area contributed by atoms with Crippen LogP contribution in [-0.2, 0) is 6.42 Å². The minimum absolute atomic E-state index is 0.651. The topological polar surface area (TPSA) is 39.7 Å². The van der Waals surface area contributed by atoms with Crippen LogP contribution in [0.15, 0.2) is 6.07 Å². The van der Waals surface area contributed by atoms with Gasteiger partial charge in [0.05, 0.1) is 27.0 Å². The van der Waals surface area contributed by atoms with E-state index in [1.54, 1.807) is 21.3 Å². The molecule has 4 nitrogen and oxygen atoms in total. The molecule has 0 unspecified atom stereocenters. The SMILES string of the molecule is COc1cc2c(c(OC)c1OC)NCCC2. The number of fused-ring (bicyclic) bond motifs is 1. The molecule has 0 saturated carbocycles. The molecule has 0 aliphatic carbocycles. The molecule has 4 heteroatoms. The lowest BCUT2D eigenvalue weighted by Gasteiger charge is -2.23. The van der Waals surface area contributed by atoms with Gasteiger partial charge in [-0.1, -0.05) is 0 Å². The Balaban J connectivity index is 2.59. The highest BCUT2D eigenvalue weighted by Crippen LogP contribution is 2.46. The van der Waals surface area contributed by atoms with Crippen molar-refractivity contribution in [3.8, 4) is 17.2 Å². The molecule has 1 N–H and O–H groups in total. The fourth-order valence-corrected chi connectivity index (χ4v) is 2.09. The van der Waals surface area contributed by atoms with Crippen LogP contribution in [0.2, 0.25) is 0 Å². The first-order valence-electron chi connectivity index (χ1n) is 5.37. The molecule has 0 atom stereocenters. The fraction of sp³-hybridized carbons (Fsp3) is 0.500. The van der Waals surface area contributed by atoms with Crippen LogP contribution in [0.5, 0.6) is 17.2 Å². The molecule has 16 heavy (non-hydrogen) atoms. The standard InChI is InChI=1S/C12H17NO3/c1-14-9-7-8-5-4-6-13-10(8)12(16-3)11(9)15-2/h7,13H,4-6H2,1-3H3. The van der Waals surface area contributed by atoms with Gasteiger partial charge in [0.15, 0.2) is 11.5 Å². The Labute approximate surface area is 95.5 Å². The maximum Gasteiger partial charge on any atom is 0.205 e. The van der Waals surface area contributed by atoms with Gasteiger partial charge in [-0.3, -0.25) is 0 Å². The predicted molar refractivity (Wildman–Crippen MR) is 62.9 cm³/mol. The zero-order valence-corrected chi connectivity index (χ0v) is 9.92. The lowest BCUT2D eigenvalue weighted by atomic mass is 10.0. The van der Waals surface area contributed by atoms with Crippen molar-refractivity contribution in [2.75, 3.05) is 33.2 Å². The van der Waals surface area contributed by atoms with E-state index < -0.39 is 0 Å². The normalized spacial score (nSPS) is 13.7. The van der Waals surface area contributed by atoms with Crippen LogP contribution >= 0.6 is 0 Å². The summed E-state index contributed by atoms with van der Waals surface area (Å²) in [4.78, 5) is 0. The van der Waals surface area contributed by atoms with E-state index >= 15 is 0 Å². The minimum atomic E-state index is 0.651. The molecular weight excluding hydrogens is 206 g/mol. The number of aryl methyl sites for hydroxylation is 1. The van der Waals surface area contributed by atoms with E-state index in [-0.39, 0.29) is 0 Å². The highest BCUT2D eigenvalue weighted by atomic mass is 16.5. The lowest BCUT2D eigenvalue weighted by molar-refractivity contribution is 0.324. The van der Waals surface area contributed by atoms with E-state index in [1.165, 1.54) is 5.56 Å². The van der Waals surface area contributed by atoms with Crippen molar-refractivity contribution in [2.24, 2.45) is 0 Å². The molecule has 0 saturated heterocycles. The summed E-state index contributed by atoms with van der Waals surface area (Å²) in [5, 5.41) is 3.35. The van der Waals surface area contributed by atoms with Crippen molar-refractivity contribution in [2.45, 2.75) is 12.8 Å². The van der Waals surface area contributed by atoms with Gasteiger partial charge in [-0.2, -0.15) is 0 Å². The van der Waals surface area contributed by atoms with Crippen LogP contribution in [0.3, 0.4) is 0 Å². The Morgan fingerprint density at radius 3 is 2.44 bits per heavy atom. The van der Waals surface area contributed by atoms with Crippen LogP contribution in [0.4, 0.5) is 5.69 Å². The number of nitrogens with one attached hydrogen (secondary N) is 1. The summed E-state index contributed by atoms with van der Waals surface area (Å²) in [6.07, 6.45) is 2.17. The monoisotopic (exact) mass is 223 g/mol. The molecule has 1 aromatic carbocycles. The highest BCUT2D eigenvalue weighted by molar-refractivity contribution is 5.73. The van der Waals surface area contributed by atoms with Gasteiger partial charge in [0.25, 0.3) is 0 Å². The van der Waals surface area contributed by atoms with E-state index in [2.05, 4.69) is 5.32 Å². The van der Waals surface area contributed by atoms with Crippen molar-refractivity contribution in [1.82, 2.24) is 0 Å². The minimum Gasteiger partial charge on any atom is -0.493 e. The summed E-state index contributed by atoms with van der Waals surface area (Å²) in [6.45, 7) is 0.971. The summed E-state index contributed by atoms with van der Waals surface area (Å²) in [6, 6.07) is 2.02. The van der Waals surface area contributed by atoms with Crippen LogP contribution < -0.4 is 19.5 Å². The van der Waals surface area contributed by atoms with Crippen LogP contribution in [0.1, 0.15) is 12.0 Å². The van der Waals surface area contributed by atoms with Gasteiger partial charge in [-0.15, -0.1) is 0 Å². The number of anilines is 1. The third-order valence-corrected chi connectivity index (χ3v) is 2.84. The molecule has 1 aliphatic heterocycles. The first-order valence-corrected chi connectivity index (χ1v) is 5.37. The smallest absolute Gasteiger partial charge is 0.205 e. The molecule has 88 valence electrons. The Hall–Kier alpha value is -1.58. The van der Waals surface area contributed by atoms with E-state index in [0.717, 1.165) is 36.6 Å². The Bertz CT molecular complexity index is 376. The second-order valence-corrected chi connectivity index (χ2v) is 3.71. The fourth-order valence-electron chi connectivity index (χ4n) is 2.09. The Kier molecular flexibility index (Phi) is 3.08. The molecule has 1 aliphatic rings. The number of hydrogen-bond acceptors (Lipinski definition) is 4. The summed E-state index contributed by atoms with van der Waals surface area (Å²) in [5.41, 5.74) is 2.26. The summed E-state index contributed by atoms with van der Waals surface area (Å²) < 4.78 is 16.1. The highest BCUT2D eigenvalue weighted by Gasteiger charge is 2.22. The van der Waals surface area contributed by atoms with Crippen LogP contribution in [0.25, 0.3) is 0 Å². The molecule has 0 spiro atoms. The summed E-state index contributed by atoms with van der Waals surface area (Å²) in [7, 11) is 4.91. The molecule has 0 fully saturated rings. The Morgan fingerprint density at radius 1 is 1.06 bits per heavy atom. The lowest BCUT2D eigenvalue weighted by Crippen LogP contribution is -2.13. The first-order chi connectivity index (χ1) is 7.81. The molecule has 0 aromatic heterocycles. The van der Waals surface area contributed by atoms with Gasteiger partial charge in [0.2, 0.25) is 5.75 Å². The van der Waals surface area contributed by atoms with Gasteiger partial charge < -0.3 is 19.5 Å². The molecule has 1 heterocycles. The second kappa shape index (κ2) is 4.51. The maximum absolute atomic E-state index is 5.41. The summed E-state index contributed by atoms with van der Waals surface area (Å²) >= 11 is 0. The average Bonchev–Trinajstić information content (AvgIpc) is 2.36. The largest absolute Gasteiger partial charge is 0.493 e. The maximum atomic E-state index is 5.41. The second-order valence-electron chi connectivity index (χ2n) is 3.71.